The van der Waals surface area contributed by atoms with Crippen LogP contribution in [0.2, 0.25) is 5.02 Å². The van der Waals surface area contributed by atoms with E-state index in [1.165, 1.54) is 6.07 Å². The van der Waals surface area contributed by atoms with Crippen LogP contribution in [0, 0.1) is 5.95 Å². The number of aromatic nitrogens is 2. The van der Waals surface area contributed by atoms with Crippen molar-refractivity contribution in [2.24, 2.45) is 7.05 Å². The van der Waals surface area contributed by atoms with E-state index in [0.717, 1.165) is 31.2 Å². The lowest BCUT2D eigenvalue weighted by Crippen LogP contribution is -2.34. The molecule has 0 bridgehead atoms. The van der Waals surface area contributed by atoms with Crippen molar-refractivity contribution in [1.82, 2.24) is 14.7 Å². The fourth-order valence-corrected chi connectivity index (χ4v) is 3.16. The van der Waals surface area contributed by atoms with Gasteiger partial charge in [0, 0.05) is 37.3 Å². The van der Waals surface area contributed by atoms with Gasteiger partial charge in [-0.05, 0) is 25.0 Å². The number of halogens is 7. The van der Waals surface area contributed by atoms with Gasteiger partial charge in [0.05, 0.1) is 5.56 Å². The molecule has 1 aliphatic rings. The number of carbonyl (C=O) groups excluding carboxylic acids is 1. The molecule has 2 aromatic rings. The molecule has 1 amide bonds. The van der Waals surface area contributed by atoms with E-state index in [1.807, 2.05) is 13.8 Å². The number of rotatable bonds is 5. The number of aliphatic hydroxyl groups is 1. The minimum absolute atomic E-state index is 0.228. The van der Waals surface area contributed by atoms with Gasteiger partial charge in [-0.25, -0.2) is 13.5 Å². The summed E-state index contributed by atoms with van der Waals surface area (Å²) in [5, 5.41) is 10.1. The fraction of sp³-hybridized carbons (Fsp3) is 0.500. The Labute approximate surface area is 186 Å². The average molecular weight is 488 g/mol. The van der Waals surface area contributed by atoms with Gasteiger partial charge in [0.15, 0.2) is 0 Å². The van der Waals surface area contributed by atoms with E-state index >= 15 is 0 Å². The van der Waals surface area contributed by atoms with E-state index in [1.54, 1.807) is 0 Å². The van der Waals surface area contributed by atoms with E-state index in [2.05, 4.69) is 5.10 Å². The Morgan fingerprint density at radius 3 is 2.31 bits per heavy atom. The summed E-state index contributed by atoms with van der Waals surface area (Å²) in [5.74, 6) is -2.42. The molecule has 1 aromatic carbocycles. The van der Waals surface area contributed by atoms with Crippen molar-refractivity contribution in [3.05, 3.63) is 51.6 Å². The maximum atomic E-state index is 14.3. The van der Waals surface area contributed by atoms with Crippen LogP contribution in [-0.4, -0.2) is 38.8 Å². The first-order valence-corrected chi connectivity index (χ1v) is 10.0. The molecule has 5 nitrogen and oxygen atoms in total. The highest BCUT2D eigenvalue weighted by atomic mass is 35.5. The smallest absolute Gasteiger partial charge is 0.400 e. The molecule has 0 atom stereocenters. The highest BCUT2D eigenvalue weighted by molar-refractivity contribution is 6.31. The molecule has 1 N–H and O–H groups in total. The molecule has 1 fully saturated rings. The van der Waals surface area contributed by atoms with Crippen LogP contribution in [0.5, 0.6) is 0 Å². The maximum Gasteiger partial charge on any atom is 0.416 e. The molecule has 180 valence electrons. The van der Waals surface area contributed by atoms with Crippen LogP contribution < -0.4 is 0 Å². The third-order valence-corrected chi connectivity index (χ3v) is 4.78. The van der Waals surface area contributed by atoms with Gasteiger partial charge >= 0.3 is 6.18 Å². The van der Waals surface area contributed by atoms with Gasteiger partial charge in [-0.15, -0.1) is 0 Å². The fourth-order valence-electron chi connectivity index (χ4n) is 2.93. The molecule has 32 heavy (non-hydrogen) atoms. The molecule has 1 heterocycles. The van der Waals surface area contributed by atoms with Gasteiger partial charge in [-0.2, -0.15) is 22.7 Å². The highest BCUT2D eigenvalue weighted by Crippen LogP contribution is 2.38. The lowest BCUT2D eigenvalue weighted by atomic mass is 10.1. The average Bonchev–Trinajstić information content (AvgIpc) is 3.54. The highest BCUT2D eigenvalue weighted by Gasteiger charge is 2.40. The summed E-state index contributed by atoms with van der Waals surface area (Å²) >= 11 is 5.92. The van der Waals surface area contributed by atoms with E-state index in [0.29, 0.717) is 17.5 Å². The van der Waals surface area contributed by atoms with Gasteiger partial charge < -0.3 is 10.0 Å². The lowest BCUT2D eigenvalue weighted by Gasteiger charge is -2.25. The van der Waals surface area contributed by atoms with E-state index in [9.17, 15) is 31.1 Å². The first kappa shape index (κ1) is 27.8. The van der Waals surface area contributed by atoms with Crippen LogP contribution in [0.1, 0.15) is 60.3 Å². The number of nitrogens with zero attached hydrogens (tertiary/aromatic N) is 3. The van der Waals surface area contributed by atoms with Crippen molar-refractivity contribution in [1.29, 1.82) is 0 Å². The molecule has 0 aliphatic heterocycles. The number of carbonyl (C=O) groups is 1. The standard InChI is InChI=1S/C17H14ClF6N3O.C2H6.CH4O/c1-26-15(21)12(13(25-26)14(19)20)16(28)27(8-5-6-8)7-9-10(17(22,23)24)3-2-4-11(9)18;2*1-2/h2-4,8,14H,5-7H2,1H3;1-2H3;2H,1H3. The second kappa shape index (κ2) is 11.6. The SMILES string of the molecule is CC.CO.Cn1nc(C(F)F)c(C(=O)N(Cc2c(Cl)cccc2C(F)(F)F)C2CC2)c1F. The zero-order chi connectivity index (χ0) is 24.8. The number of hydrogen-bond acceptors (Lipinski definition) is 3. The van der Waals surface area contributed by atoms with Gasteiger partial charge in [0.2, 0.25) is 5.95 Å². The minimum atomic E-state index is -4.73. The first-order valence-electron chi connectivity index (χ1n) is 9.63. The normalized spacial score (nSPS) is 13.2. The van der Waals surface area contributed by atoms with E-state index < -0.39 is 53.9 Å². The summed E-state index contributed by atoms with van der Waals surface area (Å²) in [7, 11) is 2.05. The number of aliphatic hydroxyl groups excluding tert-OH is 1. The van der Waals surface area contributed by atoms with Crippen molar-refractivity contribution in [2.45, 2.75) is 51.9 Å². The molecule has 0 saturated heterocycles. The summed E-state index contributed by atoms with van der Waals surface area (Å²) < 4.78 is 81.1. The second-order valence-corrected chi connectivity index (χ2v) is 6.81. The van der Waals surface area contributed by atoms with Gasteiger partial charge in [0.1, 0.15) is 11.3 Å². The number of hydrogen-bond donors (Lipinski definition) is 1. The first-order chi connectivity index (χ1) is 15.0. The predicted octanol–water partition coefficient (Wildman–Crippen LogP) is 5.61. The predicted molar refractivity (Wildman–Crippen MR) is 107 cm³/mol. The number of amides is 1. The monoisotopic (exact) mass is 487 g/mol. The largest absolute Gasteiger partial charge is 0.416 e. The van der Waals surface area contributed by atoms with Crippen molar-refractivity contribution in [3.63, 3.8) is 0 Å². The Morgan fingerprint density at radius 1 is 1.28 bits per heavy atom. The quantitative estimate of drug-likeness (QED) is 0.558. The number of alkyl halides is 5. The van der Waals surface area contributed by atoms with Crippen LogP contribution in [0.4, 0.5) is 26.3 Å². The van der Waals surface area contributed by atoms with E-state index in [4.69, 9.17) is 16.7 Å². The minimum Gasteiger partial charge on any atom is -0.400 e. The summed E-state index contributed by atoms with van der Waals surface area (Å²) in [6.07, 6.45) is -7.03. The summed E-state index contributed by atoms with van der Waals surface area (Å²) in [6, 6.07) is 2.67. The van der Waals surface area contributed by atoms with Crippen molar-refractivity contribution in [2.75, 3.05) is 7.11 Å². The Morgan fingerprint density at radius 2 is 1.84 bits per heavy atom. The molecule has 1 aromatic heterocycles. The topological polar surface area (TPSA) is 58.4 Å². The summed E-state index contributed by atoms with van der Waals surface area (Å²) in [6.45, 7) is 3.41. The van der Waals surface area contributed by atoms with Crippen LogP contribution in [0.3, 0.4) is 0 Å². The van der Waals surface area contributed by atoms with E-state index in [-0.39, 0.29) is 10.6 Å². The molecular formula is C20H24ClF6N3O2. The van der Waals surface area contributed by atoms with Crippen LogP contribution in [0.15, 0.2) is 18.2 Å². The molecule has 0 unspecified atom stereocenters. The van der Waals surface area contributed by atoms with Gasteiger partial charge in [-0.1, -0.05) is 31.5 Å². The van der Waals surface area contributed by atoms with Crippen molar-refractivity contribution < 1.29 is 36.2 Å². The second-order valence-electron chi connectivity index (χ2n) is 6.40. The maximum absolute atomic E-state index is 14.3. The zero-order valence-electron chi connectivity index (χ0n) is 17.9. The Hall–Kier alpha value is -2.27. The van der Waals surface area contributed by atoms with Crippen molar-refractivity contribution >= 4 is 17.5 Å². The van der Waals surface area contributed by atoms with Crippen LogP contribution in [0.25, 0.3) is 0 Å². The summed E-state index contributed by atoms with van der Waals surface area (Å²) in [5.41, 5.74) is -3.41. The third kappa shape index (κ3) is 6.16. The Balaban J connectivity index is 0.00000121. The van der Waals surface area contributed by atoms with Gasteiger partial charge in [-0.3, -0.25) is 4.79 Å². The molecule has 1 aliphatic carbocycles. The Kier molecular flexibility index (Phi) is 10.0. The molecule has 1 saturated carbocycles. The molecular weight excluding hydrogens is 464 g/mol. The Bertz CT molecular complexity index is 913. The van der Waals surface area contributed by atoms with Crippen molar-refractivity contribution in [3.8, 4) is 0 Å². The van der Waals surface area contributed by atoms with Crippen LogP contribution in [-0.2, 0) is 19.8 Å². The third-order valence-electron chi connectivity index (χ3n) is 4.43. The summed E-state index contributed by atoms with van der Waals surface area (Å²) in [4.78, 5) is 13.8. The molecule has 12 heteroatoms. The zero-order valence-corrected chi connectivity index (χ0v) is 18.6. The number of aryl methyl sites for hydroxylation is 1. The lowest BCUT2D eigenvalue weighted by molar-refractivity contribution is -0.138. The molecule has 0 spiro atoms. The van der Waals surface area contributed by atoms with Crippen LogP contribution >= 0.6 is 11.6 Å². The molecule has 0 radical (unpaired) electrons. The van der Waals surface area contributed by atoms with Gasteiger partial charge in [0.25, 0.3) is 12.3 Å². The number of benzene rings is 1. The molecule has 3 rings (SSSR count).